The third-order valence-electron chi connectivity index (χ3n) is 2.52. The minimum Gasteiger partial charge on any atom is -0.494 e. The SMILES string of the molecule is COc1c(C)cc(Cl)cc1N(C)C(=O)CCN. The first-order valence-corrected chi connectivity index (χ1v) is 5.69. The fourth-order valence-corrected chi connectivity index (χ4v) is 1.92. The van der Waals surface area contributed by atoms with Gasteiger partial charge in [-0.05, 0) is 24.6 Å². The van der Waals surface area contributed by atoms with E-state index in [0.29, 0.717) is 29.4 Å². The zero-order valence-electron chi connectivity index (χ0n) is 10.3. The van der Waals surface area contributed by atoms with Crippen LogP contribution < -0.4 is 15.4 Å². The van der Waals surface area contributed by atoms with Gasteiger partial charge in [0.15, 0.2) is 0 Å². The summed E-state index contributed by atoms with van der Waals surface area (Å²) in [7, 11) is 3.26. The van der Waals surface area contributed by atoms with Crippen LogP contribution in [0.5, 0.6) is 5.75 Å². The highest BCUT2D eigenvalue weighted by molar-refractivity contribution is 6.31. The van der Waals surface area contributed by atoms with Crippen LogP contribution in [0.25, 0.3) is 0 Å². The van der Waals surface area contributed by atoms with Crippen LogP contribution in [-0.2, 0) is 4.79 Å². The average Bonchev–Trinajstić information content (AvgIpc) is 2.27. The lowest BCUT2D eigenvalue weighted by atomic mass is 10.1. The second-order valence-corrected chi connectivity index (χ2v) is 4.20. The van der Waals surface area contributed by atoms with E-state index >= 15 is 0 Å². The topological polar surface area (TPSA) is 55.6 Å². The predicted molar refractivity (Wildman–Crippen MR) is 69.8 cm³/mol. The first-order chi connectivity index (χ1) is 8.01. The number of anilines is 1. The Morgan fingerprint density at radius 1 is 1.53 bits per heavy atom. The van der Waals surface area contributed by atoms with Crippen molar-refractivity contribution < 1.29 is 9.53 Å². The molecule has 0 saturated carbocycles. The molecule has 5 heteroatoms. The number of amides is 1. The van der Waals surface area contributed by atoms with E-state index in [1.165, 1.54) is 4.90 Å². The summed E-state index contributed by atoms with van der Waals surface area (Å²) in [6, 6.07) is 3.51. The number of rotatable bonds is 4. The standard InChI is InChI=1S/C12H17ClN2O2/c1-8-6-9(13)7-10(12(8)17-3)15(2)11(16)4-5-14/h6-7H,4-5,14H2,1-3H3. The maximum absolute atomic E-state index is 11.8. The molecule has 0 atom stereocenters. The number of nitrogens with zero attached hydrogens (tertiary/aromatic N) is 1. The van der Waals surface area contributed by atoms with Gasteiger partial charge >= 0.3 is 0 Å². The summed E-state index contributed by atoms with van der Waals surface area (Å²) < 4.78 is 5.30. The maximum Gasteiger partial charge on any atom is 0.228 e. The van der Waals surface area contributed by atoms with E-state index in [9.17, 15) is 4.79 Å². The van der Waals surface area contributed by atoms with Crippen molar-refractivity contribution in [2.45, 2.75) is 13.3 Å². The minimum absolute atomic E-state index is 0.0625. The summed E-state index contributed by atoms with van der Waals surface area (Å²) in [6.07, 6.45) is 0.297. The monoisotopic (exact) mass is 256 g/mol. The van der Waals surface area contributed by atoms with Gasteiger partial charge in [0.2, 0.25) is 5.91 Å². The van der Waals surface area contributed by atoms with E-state index in [1.54, 1.807) is 26.3 Å². The molecule has 0 aromatic heterocycles. The van der Waals surface area contributed by atoms with Gasteiger partial charge in [-0.1, -0.05) is 11.6 Å². The molecule has 1 aromatic carbocycles. The Labute approximate surface area is 106 Å². The molecule has 94 valence electrons. The summed E-state index contributed by atoms with van der Waals surface area (Å²) in [5.74, 6) is 0.592. The Hall–Kier alpha value is -1.26. The third-order valence-corrected chi connectivity index (χ3v) is 2.74. The van der Waals surface area contributed by atoms with Gasteiger partial charge in [0, 0.05) is 25.0 Å². The van der Waals surface area contributed by atoms with Crippen LogP contribution in [0.3, 0.4) is 0 Å². The maximum atomic E-state index is 11.8. The Kier molecular flexibility index (Phi) is 4.78. The van der Waals surface area contributed by atoms with Gasteiger partial charge in [0.1, 0.15) is 5.75 Å². The van der Waals surface area contributed by atoms with Gasteiger partial charge in [0.05, 0.1) is 12.8 Å². The first-order valence-electron chi connectivity index (χ1n) is 5.32. The molecule has 17 heavy (non-hydrogen) atoms. The van der Waals surface area contributed by atoms with Crippen LogP contribution in [0.2, 0.25) is 5.02 Å². The Bertz CT molecular complexity index is 421. The lowest BCUT2D eigenvalue weighted by Gasteiger charge is -2.21. The van der Waals surface area contributed by atoms with Crippen LogP contribution >= 0.6 is 11.6 Å². The van der Waals surface area contributed by atoms with Crippen molar-refractivity contribution >= 4 is 23.2 Å². The van der Waals surface area contributed by atoms with E-state index < -0.39 is 0 Å². The van der Waals surface area contributed by atoms with E-state index in [4.69, 9.17) is 22.1 Å². The number of hydrogen-bond acceptors (Lipinski definition) is 3. The molecule has 0 aliphatic carbocycles. The van der Waals surface area contributed by atoms with E-state index in [1.807, 2.05) is 6.92 Å². The number of benzene rings is 1. The van der Waals surface area contributed by atoms with Crippen molar-refractivity contribution in [3.63, 3.8) is 0 Å². The number of ether oxygens (including phenoxy) is 1. The van der Waals surface area contributed by atoms with Gasteiger partial charge in [-0.15, -0.1) is 0 Å². The van der Waals surface area contributed by atoms with Crippen molar-refractivity contribution in [3.05, 3.63) is 22.7 Å². The molecular weight excluding hydrogens is 240 g/mol. The van der Waals surface area contributed by atoms with Gasteiger partial charge in [-0.3, -0.25) is 4.79 Å². The highest BCUT2D eigenvalue weighted by atomic mass is 35.5. The zero-order valence-corrected chi connectivity index (χ0v) is 11.0. The van der Waals surface area contributed by atoms with Crippen LogP contribution in [-0.4, -0.2) is 26.6 Å². The van der Waals surface area contributed by atoms with Crippen molar-refractivity contribution in [2.24, 2.45) is 5.73 Å². The molecule has 0 aliphatic rings. The van der Waals surface area contributed by atoms with Crippen LogP contribution in [0.15, 0.2) is 12.1 Å². The number of hydrogen-bond donors (Lipinski definition) is 1. The van der Waals surface area contributed by atoms with Gasteiger partial charge in [-0.25, -0.2) is 0 Å². The lowest BCUT2D eigenvalue weighted by molar-refractivity contribution is -0.118. The summed E-state index contributed by atoms with van der Waals surface area (Å²) >= 11 is 5.99. The second-order valence-electron chi connectivity index (χ2n) is 3.77. The summed E-state index contributed by atoms with van der Waals surface area (Å²) in [6.45, 7) is 2.21. The molecule has 1 amide bonds. The Morgan fingerprint density at radius 3 is 2.71 bits per heavy atom. The molecule has 1 rings (SSSR count). The molecular formula is C12H17ClN2O2. The van der Waals surface area contributed by atoms with E-state index in [2.05, 4.69) is 0 Å². The van der Waals surface area contributed by atoms with Crippen molar-refractivity contribution in [1.29, 1.82) is 0 Å². The molecule has 0 unspecified atom stereocenters. The van der Waals surface area contributed by atoms with Crippen LogP contribution in [0.4, 0.5) is 5.69 Å². The summed E-state index contributed by atoms with van der Waals surface area (Å²) in [5, 5.41) is 0.575. The highest BCUT2D eigenvalue weighted by Crippen LogP contribution is 2.34. The highest BCUT2D eigenvalue weighted by Gasteiger charge is 2.16. The summed E-state index contributed by atoms with van der Waals surface area (Å²) in [5.41, 5.74) is 6.92. The van der Waals surface area contributed by atoms with Gasteiger partial charge in [0.25, 0.3) is 0 Å². The average molecular weight is 257 g/mol. The fraction of sp³-hybridized carbons (Fsp3) is 0.417. The van der Waals surface area contributed by atoms with Crippen molar-refractivity contribution in [2.75, 3.05) is 25.6 Å². The number of methoxy groups -OCH3 is 1. The van der Waals surface area contributed by atoms with Crippen LogP contribution in [0, 0.1) is 6.92 Å². The molecule has 0 fully saturated rings. The fourth-order valence-electron chi connectivity index (χ4n) is 1.65. The van der Waals surface area contributed by atoms with Gasteiger partial charge < -0.3 is 15.4 Å². The smallest absolute Gasteiger partial charge is 0.228 e. The minimum atomic E-state index is -0.0625. The molecule has 0 radical (unpaired) electrons. The third kappa shape index (κ3) is 3.11. The van der Waals surface area contributed by atoms with Crippen molar-refractivity contribution in [3.8, 4) is 5.75 Å². The van der Waals surface area contributed by atoms with Crippen LogP contribution in [0.1, 0.15) is 12.0 Å². The summed E-state index contributed by atoms with van der Waals surface area (Å²) in [4.78, 5) is 13.3. The molecule has 4 nitrogen and oxygen atoms in total. The molecule has 0 spiro atoms. The molecule has 1 aromatic rings. The predicted octanol–water partition coefficient (Wildman–Crippen LogP) is 1.97. The Morgan fingerprint density at radius 2 is 2.18 bits per heavy atom. The number of carbonyl (C=O) groups is 1. The molecule has 0 bridgehead atoms. The molecule has 0 saturated heterocycles. The largest absolute Gasteiger partial charge is 0.494 e. The van der Waals surface area contributed by atoms with E-state index in [0.717, 1.165) is 5.56 Å². The number of halogens is 1. The van der Waals surface area contributed by atoms with Gasteiger partial charge in [-0.2, -0.15) is 0 Å². The molecule has 0 heterocycles. The number of carbonyl (C=O) groups excluding carboxylic acids is 1. The lowest BCUT2D eigenvalue weighted by Crippen LogP contribution is -2.28. The normalized spacial score (nSPS) is 10.2. The number of nitrogens with two attached hydrogens (primary N) is 1. The molecule has 0 aliphatic heterocycles. The first kappa shape index (κ1) is 13.8. The number of aryl methyl sites for hydroxylation is 1. The second kappa shape index (κ2) is 5.89. The zero-order chi connectivity index (χ0) is 13.0. The molecule has 2 N–H and O–H groups in total. The van der Waals surface area contributed by atoms with Crippen molar-refractivity contribution in [1.82, 2.24) is 0 Å². The van der Waals surface area contributed by atoms with E-state index in [-0.39, 0.29) is 5.91 Å². The Balaban J connectivity index is 3.15. The quantitative estimate of drug-likeness (QED) is 0.896.